The summed E-state index contributed by atoms with van der Waals surface area (Å²) in [5, 5.41) is 0. The maximum Gasteiger partial charge on any atom is 0.417 e. The van der Waals surface area contributed by atoms with Crippen molar-refractivity contribution in [1.82, 2.24) is 4.90 Å². The van der Waals surface area contributed by atoms with Crippen molar-refractivity contribution in [3.05, 3.63) is 0 Å². The molecule has 1 rings (SSSR count). The van der Waals surface area contributed by atoms with Crippen LogP contribution in [0.5, 0.6) is 0 Å². The zero-order valence-electron chi connectivity index (χ0n) is 14.5. The second-order valence-electron chi connectivity index (χ2n) is 7.56. The minimum atomic E-state index is -1.08. The highest BCUT2D eigenvalue weighted by molar-refractivity contribution is 6.03. The Balaban J connectivity index is 3.06. The van der Waals surface area contributed by atoms with Crippen molar-refractivity contribution in [3.63, 3.8) is 0 Å². The van der Waals surface area contributed by atoms with Crippen LogP contribution in [-0.4, -0.2) is 46.4 Å². The smallest absolute Gasteiger partial charge is 0.417 e. The van der Waals surface area contributed by atoms with Crippen LogP contribution in [0.25, 0.3) is 0 Å². The summed E-state index contributed by atoms with van der Waals surface area (Å²) in [6, 6.07) is -1.08. The predicted molar refractivity (Wildman–Crippen MR) is 81.5 cm³/mol. The second kappa shape index (κ2) is 6.68. The lowest BCUT2D eigenvalue weighted by Crippen LogP contribution is -2.56. The van der Waals surface area contributed by atoms with Crippen LogP contribution in [0.1, 0.15) is 54.4 Å². The van der Waals surface area contributed by atoms with Crippen LogP contribution >= 0.6 is 0 Å². The predicted octanol–water partition coefficient (Wildman–Crippen LogP) is 2.07. The van der Waals surface area contributed by atoms with Gasteiger partial charge in [-0.25, -0.2) is 14.5 Å². The number of carbonyl (C=O) groups excluding carboxylic acids is 4. The molecule has 0 spiro atoms. The minimum Gasteiger partial charge on any atom is -0.458 e. The Morgan fingerprint density at radius 3 is 2.00 bits per heavy atom. The Morgan fingerprint density at radius 2 is 1.57 bits per heavy atom. The topological polar surface area (TPSA) is 90.0 Å². The summed E-state index contributed by atoms with van der Waals surface area (Å²) in [7, 11) is 0. The van der Waals surface area contributed by atoms with E-state index in [1.54, 1.807) is 41.5 Å². The molecule has 0 aromatic carbocycles. The summed E-state index contributed by atoms with van der Waals surface area (Å²) in [6.07, 6.45) is -0.0789. The van der Waals surface area contributed by atoms with E-state index in [1.807, 2.05) is 0 Å². The van der Waals surface area contributed by atoms with Crippen molar-refractivity contribution in [3.8, 4) is 0 Å². The first-order chi connectivity index (χ1) is 10.4. The van der Waals surface area contributed by atoms with E-state index < -0.39 is 41.1 Å². The molecular weight excluding hydrogens is 302 g/mol. The molecule has 0 aromatic heterocycles. The Hall–Kier alpha value is -1.92. The van der Waals surface area contributed by atoms with E-state index in [4.69, 9.17) is 9.47 Å². The number of imide groups is 1. The molecule has 2 atom stereocenters. The first-order valence-electron chi connectivity index (χ1n) is 7.60. The maximum absolute atomic E-state index is 12.4. The molecule has 0 saturated carbocycles. The summed E-state index contributed by atoms with van der Waals surface area (Å²) >= 11 is 0. The molecule has 1 fully saturated rings. The van der Waals surface area contributed by atoms with Crippen LogP contribution in [0.3, 0.4) is 0 Å². The first kappa shape index (κ1) is 19.1. The van der Waals surface area contributed by atoms with Gasteiger partial charge in [0.2, 0.25) is 5.91 Å². The van der Waals surface area contributed by atoms with Crippen LogP contribution < -0.4 is 0 Å². The summed E-state index contributed by atoms with van der Waals surface area (Å²) in [6.45, 7) is 10.0. The molecule has 0 radical (unpaired) electrons. The Kier molecular flexibility index (Phi) is 5.56. The van der Waals surface area contributed by atoms with E-state index in [0.717, 1.165) is 4.90 Å². The number of rotatable bonds is 2. The Bertz CT molecular complexity index is 500. The van der Waals surface area contributed by atoms with Gasteiger partial charge in [0.1, 0.15) is 23.5 Å². The molecular formula is C16H25NO6. The highest BCUT2D eigenvalue weighted by Crippen LogP contribution is 2.26. The molecule has 0 N–H and O–H groups in total. The van der Waals surface area contributed by atoms with Gasteiger partial charge in [-0.05, 0) is 54.4 Å². The Morgan fingerprint density at radius 1 is 1.04 bits per heavy atom. The largest absolute Gasteiger partial charge is 0.458 e. The minimum absolute atomic E-state index is 0.170. The van der Waals surface area contributed by atoms with Crippen molar-refractivity contribution in [2.24, 2.45) is 5.92 Å². The number of carbonyl (C=O) groups is 4. The molecule has 1 aliphatic rings. The number of aldehydes is 1. The third kappa shape index (κ3) is 5.33. The number of amides is 2. The molecule has 2 amide bonds. The van der Waals surface area contributed by atoms with E-state index in [0.29, 0.717) is 6.29 Å². The number of hydrogen-bond donors (Lipinski definition) is 0. The number of ether oxygens (including phenoxy) is 2. The standard InChI is InChI=1S/C16H25NO6/c1-15(2,3)22-13(20)11-8-7-10(9-18)12(19)17(11)14(21)23-16(4,5)6/h9-11H,7-8H2,1-6H3. The summed E-state index contributed by atoms with van der Waals surface area (Å²) < 4.78 is 10.5. The van der Waals surface area contributed by atoms with Crippen LogP contribution in [0.15, 0.2) is 0 Å². The molecule has 0 aromatic rings. The highest BCUT2D eigenvalue weighted by Gasteiger charge is 2.45. The fourth-order valence-electron chi connectivity index (χ4n) is 2.17. The van der Waals surface area contributed by atoms with E-state index in [-0.39, 0.29) is 12.8 Å². The molecule has 130 valence electrons. The van der Waals surface area contributed by atoms with Gasteiger partial charge in [0.25, 0.3) is 0 Å². The molecule has 2 unspecified atom stereocenters. The molecule has 7 heteroatoms. The molecule has 1 aliphatic heterocycles. The molecule has 0 bridgehead atoms. The normalized spacial score (nSPS) is 22.5. The number of nitrogens with zero attached hydrogens (tertiary/aromatic N) is 1. The first-order valence-corrected chi connectivity index (χ1v) is 7.60. The average Bonchev–Trinajstić information content (AvgIpc) is 2.33. The van der Waals surface area contributed by atoms with Gasteiger partial charge in [-0.15, -0.1) is 0 Å². The van der Waals surface area contributed by atoms with Gasteiger partial charge >= 0.3 is 12.1 Å². The van der Waals surface area contributed by atoms with Crippen LogP contribution in [0.2, 0.25) is 0 Å². The highest BCUT2D eigenvalue weighted by atomic mass is 16.6. The van der Waals surface area contributed by atoms with Crippen molar-refractivity contribution < 1.29 is 28.7 Å². The van der Waals surface area contributed by atoms with Crippen LogP contribution in [0.4, 0.5) is 4.79 Å². The summed E-state index contributed by atoms with van der Waals surface area (Å²) in [5.41, 5.74) is -1.58. The number of esters is 1. The molecule has 7 nitrogen and oxygen atoms in total. The SMILES string of the molecule is CC(C)(C)OC(=O)C1CCC(C=O)C(=O)N1C(=O)OC(C)(C)C. The van der Waals surface area contributed by atoms with E-state index >= 15 is 0 Å². The zero-order chi connectivity index (χ0) is 18.0. The van der Waals surface area contributed by atoms with Gasteiger partial charge in [-0.1, -0.05) is 0 Å². The number of piperidine rings is 1. The molecule has 0 aliphatic carbocycles. The number of likely N-dealkylation sites (tertiary alicyclic amines) is 1. The third-order valence-corrected chi connectivity index (χ3v) is 3.05. The van der Waals surface area contributed by atoms with Gasteiger partial charge in [0.05, 0.1) is 5.92 Å². The summed E-state index contributed by atoms with van der Waals surface area (Å²) in [4.78, 5) is 48.7. The Labute approximate surface area is 136 Å². The van der Waals surface area contributed by atoms with Crippen molar-refractivity contribution in [2.45, 2.75) is 71.6 Å². The van der Waals surface area contributed by atoms with Gasteiger partial charge in [-0.3, -0.25) is 4.79 Å². The van der Waals surface area contributed by atoms with E-state index in [9.17, 15) is 19.2 Å². The molecule has 23 heavy (non-hydrogen) atoms. The van der Waals surface area contributed by atoms with Crippen molar-refractivity contribution >= 4 is 24.3 Å². The quantitative estimate of drug-likeness (QED) is 0.438. The molecule has 1 saturated heterocycles. The number of hydrogen-bond acceptors (Lipinski definition) is 6. The van der Waals surface area contributed by atoms with Gasteiger partial charge in [-0.2, -0.15) is 0 Å². The van der Waals surface area contributed by atoms with Crippen molar-refractivity contribution in [1.29, 1.82) is 0 Å². The average molecular weight is 327 g/mol. The molecule has 1 heterocycles. The lowest BCUT2D eigenvalue weighted by atomic mass is 9.93. The van der Waals surface area contributed by atoms with Crippen LogP contribution in [-0.2, 0) is 23.9 Å². The van der Waals surface area contributed by atoms with Crippen molar-refractivity contribution in [2.75, 3.05) is 0 Å². The lowest BCUT2D eigenvalue weighted by molar-refractivity contribution is -0.168. The fourth-order valence-corrected chi connectivity index (χ4v) is 2.17. The maximum atomic E-state index is 12.4. The fraction of sp³-hybridized carbons (Fsp3) is 0.750. The van der Waals surface area contributed by atoms with E-state index in [1.165, 1.54) is 0 Å². The van der Waals surface area contributed by atoms with Crippen LogP contribution in [0, 0.1) is 5.92 Å². The van der Waals surface area contributed by atoms with Gasteiger partial charge < -0.3 is 14.3 Å². The van der Waals surface area contributed by atoms with Gasteiger partial charge in [0, 0.05) is 0 Å². The zero-order valence-corrected chi connectivity index (χ0v) is 14.5. The third-order valence-electron chi connectivity index (χ3n) is 3.05. The lowest BCUT2D eigenvalue weighted by Gasteiger charge is -2.36. The van der Waals surface area contributed by atoms with E-state index in [2.05, 4.69) is 0 Å². The monoisotopic (exact) mass is 327 g/mol. The van der Waals surface area contributed by atoms with Gasteiger partial charge in [0.15, 0.2) is 0 Å². The summed E-state index contributed by atoms with van der Waals surface area (Å²) in [5.74, 6) is -2.35. The second-order valence-corrected chi connectivity index (χ2v) is 7.56.